The van der Waals surface area contributed by atoms with Gasteiger partial charge in [0.05, 0.1) is 6.04 Å². The Morgan fingerprint density at radius 1 is 1.30 bits per heavy atom. The number of nitrogens with zero attached hydrogens (tertiary/aromatic N) is 3. The number of aromatic nitrogens is 4. The molecule has 20 heavy (non-hydrogen) atoms. The third-order valence-electron chi connectivity index (χ3n) is 2.88. The summed E-state index contributed by atoms with van der Waals surface area (Å²) in [6, 6.07) is 3.46. The molecule has 0 aromatic carbocycles. The maximum atomic E-state index is 11.9. The molecule has 0 aliphatic rings. The molecule has 2 aromatic rings. The van der Waals surface area contributed by atoms with Crippen LogP contribution in [0.2, 0.25) is 0 Å². The Hall–Kier alpha value is -2.24. The molecular formula is C14H19N5O. The number of hydrogen-bond acceptors (Lipinski definition) is 4. The minimum Gasteiger partial charge on any atom is -0.346 e. The van der Waals surface area contributed by atoms with Crippen molar-refractivity contribution in [2.45, 2.75) is 33.7 Å². The van der Waals surface area contributed by atoms with Crippen molar-refractivity contribution in [3.63, 3.8) is 0 Å². The second-order valence-corrected chi connectivity index (χ2v) is 5.73. The fraction of sp³-hybridized carbons (Fsp3) is 0.429. The minimum absolute atomic E-state index is 0.0214. The highest BCUT2D eigenvalue weighted by molar-refractivity contribution is 5.81. The Balaban J connectivity index is 2.11. The van der Waals surface area contributed by atoms with Crippen molar-refractivity contribution < 1.29 is 4.79 Å². The van der Waals surface area contributed by atoms with Crippen LogP contribution in [0.5, 0.6) is 0 Å². The van der Waals surface area contributed by atoms with Gasteiger partial charge in [-0.1, -0.05) is 20.8 Å². The van der Waals surface area contributed by atoms with E-state index in [4.69, 9.17) is 0 Å². The molecule has 1 amide bonds. The largest absolute Gasteiger partial charge is 0.346 e. The molecule has 0 spiro atoms. The second kappa shape index (κ2) is 5.40. The Bertz CT molecular complexity index is 585. The van der Waals surface area contributed by atoms with Crippen LogP contribution in [0.25, 0.3) is 11.4 Å². The van der Waals surface area contributed by atoms with E-state index in [-0.39, 0.29) is 11.9 Å². The maximum absolute atomic E-state index is 11.9. The fourth-order valence-electron chi connectivity index (χ4n) is 1.58. The molecule has 0 fully saturated rings. The van der Waals surface area contributed by atoms with Crippen LogP contribution in [0.15, 0.2) is 24.5 Å². The highest BCUT2D eigenvalue weighted by Crippen LogP contribution is 2.18. The summed E-state index contributed by atoms with van der Waals surface area (Å²) in [4.78, 5) is 20.3. The van der Waals surface area contributed by atoms with Crippen LogP contribution in [-0.4, -0.2) is 26.1 Å². The van der Waals surface area contributed by atoms with E-state index in [0.717, 1.165) is 5.56 Å². The summed E-state index contributed by atoms with van der Waals surface area (Å²) < 4.78 is 0. The number of carbonyl (C=O) groups is 1. The molecule has 106 valence electrons. The highest BCUT2D eigenvalue weighted by Gasteiger charge is 2.24. The number of H-pyrrole nitrogens is 1. The van der Waals surface area contributed by atoms with Gasteiger partial charge >= 0.3 is 0 Å². The van der Waals surface area contributed by atoms with Crippen molar-refractivity contribution in [3.8, 4) is 11.4 Å². The van der Waals surface area contributed by atoms with Gasteiger partial charge in [0, 0.05) is 23.4 Å². The summed E-state index contributed by atoms with van der Waals surface area (Å²) >= 11 is 0. The summed E-state index contributed by atoms with van der Waals surface area (Å²) in [5.41, 5.74) is 0.458. The van der Waals surface area contributed by atoms with Crippen molar-refractivity contribution in [3.05, 3.63) is 30.4 Å². The monoisotopic (exact) mass is 273 g/mol. The first-order valence-corrected chi connectivity index (χ1v) is 6.51. The molecule has 0 bridgehead atoms. The molecule has 6 heteroatoms. The van der Waals surface area contributed by atoms with E-state index < -0.39 is 5.41 Å². The van der Waals surface area contributed by atoms with Crippen LogP contribution in [0, 0.1) is 5.41 Å². The predicted octanol–water partition coefficient (Wildman–Crippen LogP) is 2.09. The molecule has 0 saturated carbocycles. The summed E-state index contributed by atoms with van der Waals surface area (Å²) in [5.74, 6) is 1.21. The van der Waals surface area contributed by atoms with Gasteiger partial charge in [-0.25, -0.2) is 4.98 Å². The van der Waals surface area contributed by atoms with Crippen molar-refractivity contribution >= 4 is 5.91 Å². The van der Waals surface area contributed by atoms with E-state index in [2.05, 4.69) is 25.5 Å². The Morgan fingerprint density at radius 2 is 1.95 bits per heavy atom. The van der Waals surface area contributed by atoms with Gasteiger partial charge in [0.15, 0.2) is 5.82 Å². The molecule has 0 radical (unpaired) electrons. The average molecular weight is 273 g/mol. The third-order valence-corrected chi connectivity index (χ3v) is 2.88. The Kier molecular flexibility index (Phi) is 3.83. The lowest BCUT2D eigenvalue weighted by molar-refractivity contribution is -0.129. The van der Waals surface area contributed by atoms with E-state index in [1.165, 1.54) is 0 Å². The average Bonchev–Trinajstić information content (AvgIpc) is 2.88. The lowest BCUT2D eigenvalue weighted by atomic mass is 9.95. The first kappa shape index (κ1) is 14.2. The van der Waals surface area contributed by atoms with Gasteiger partial charge in [0.2, 0.25) is 5.91 Å². The maximum Gasteiger partial charge on any atom is 0.225 e. The standard InChI is InChI=1S/C14H19N5O/c1-9(16-13(20)14(2,3)4)11-17-12(19-18-11)10-5-7-15-8-6-10/h5-9H,1-4H3,(H,16,20)(H,17,18,19)/t9-/m0/s1. The lowest BCUT2D eigenvalue weighted by Gasteiger charge is -2.20. The van der Waals surface area contributed by atoms with Crippen LogP contribution in [-0.2, 0) is 4.79 Å². The van der Waals surface area contributed by atoms with E-state index >= 15 is 0 Å². The normalized spacial score (nSPS) is 13.0. The van der Waals surface area contributed by atoms with E-state index in [1.807, 2.05) is 39.8 Å². The van der Waals surface area contributed by atoms with Crippen molar-refractivity contribution in [2.24, 2.45) is 5.41 Å². The van der Waals surface area contributed by atoms with Gasteiger partial charge in [-0.15, -0.1) is 0 Å². The molecule has 2 heterocycles. The first-order valence-electron chi connectivity index (χ1n) is 6.51. The molecule has 0 aliphatic carbocycles. The van der Waals surface area contributed by atoms with Crippen molar-refractivity contribution in [1.82, 2.24) is 25.5 Å². The lowest BCUT2D eigenvalue weighted by Crippen LogP contribution is -2.36. The van der Waals surface area contributed by atoms with Crippen LogP contribution >= 0.6 is 0 Å². The number of rotatable bonds is 3. The number of carbonyl (C=O) groups excluding carboxylic acids is 1. The molecular weight excluding hydrogens is 254 g/mol. The molecule has 0 unspecified atom stereocenters. The number of aromatic amines is 1. The Labute approximate surface area is 118 Å². The van der Waals surface area contributed by atoms with Gasteiger partial charge in [0.1, 0.15) is 5.82 Å². The Morgan fingerprint density at radius 3 is 2.55 bits per heavy atom. The number of amides is 1. The fourth-order valence-corrected chi connectivity index (χ4v) is 1.58. The van der Waals surface area contributed by atoms with Crippen LogP contribution in [0.1, 0.15) is 39.6 Å². The molecule has 2 rings (SSSR count). The molecule has 2 N–H and O–H groups in total. The van der Waals surface area contributed by atoms with Gasteiger partial charge in [0.25, 0.3) is 0 Å². The molecule has 6 nitrogen and oxygen atoms in total. The van der Waals surface area contributed by atoms with E-state index in [0.29, 0.717) is 11.6 Å². The number of hydrogen-bond donors (Lipinski definition) is 2. The third kappa shape index (κ3) is 3.20. The van der Waals surface area contributed by atoms with Gasteiger partial charge in [-0.05, 0) is 19.1 Å². The quantitative estimate of drug-likeness (QED) is 0.897. The smallest absolute Gasteiger partial charge is 0.225 e. The number of pyridine rings is 1. The zero-order valence-corrected chi connectivity index (χ0v) is 12.1. The van der Waals surface area contributed by atoms with Crippen molar-refractivity contribution in [1.29, 1.82) is 0 Å². The summed E-state index contributed by atoms with van der Waals surface area (Å²) in [5, 5.41) is 9.94. The van der Waals surface area contributed by atoms with E-state index in [1.54, 1.807) is 12.4 Å². The van der Waals surface area contributed by atoms with Gasteiger partial charge < -0.3 is 5.32 Å². The summed E-state index contributed by atoms with van der Waals surface area (Å²) in [6.07, 6.45) is 3.38. The van der Waals surface area contributed by atoms with Gasteiger partial charge in [-0.3, -0.25) is 14.9 Å². The van der Waals surface area contributed by atoms with Crippen LogP contribution in [0.4, 0.5) is 0 Å². The molecule has 0 saturated heterocycles. The molecule has 0 aliphatic heterocycles. The summed E-state index contributed by atoms with van der Waals surface area (Å²) in [7, 11) is 0. The number of nitrogens with one attached hydrogen (secondary N) is 2. The first-order chi connectivity index (χ1) is 9.38. The second-order valence-electron chi connectivity index (χ2n) is 5.73. The zero-order valence-electron chi connectivity index (χ0n) is 12.1. The molecule has 2 aromatic heterocycles. The highest BCUT2D eigenvalue weighted by atomic mass is 16.2. The minimum atomic E-state index is -0.428. The molecule has 1 atom stereocenters. The van der Waals surface area contributed by atoms with E-state index in [9.17, 15) is 4.79 Å². The predicted molar refractivity (Wildman–Crippen MR) is 75.6 cm³/mol. The summed E-state index contributed by atoms with van der Waals surface area (Å²) in [6.45, 7) is 7.49. The zero-order chi connectivity index (χ0) is 14.8. The topological polar surface area (TPSA) is 83.6 Å². The van der Waals surface area contributed by atoms with Crippen LogP contribution in [0.3, 0.4) is 0 Å². The van der Waals surface area contributed by atoms with Crippen molar-refractivity contribution in [2.75, 3.05) is 0 Å². The van der Waals surface area contributed by atoms with Gasteiger partial charge in [-0.2, -0.15) is 5.10 Å². The van der Waals surface area contributed by atoms with Crippen LogP contribution < -0.4 is 5.32 Å². The SMILES string of the molecule is C[C@H](NC(=O)C(C)(C)C)c1nc(-c2ccncc2)n[nH]1.